The van der Waals surface area contributed by atoms with Gasteiger partial charge in [0.2, 0.25) is 0 Å². The van der Waals surface area contributed by atoms with E-state index in [9.17, 15) is 9.90 Å². The first kappa shape index (κ1) is 7.73. The van der Waals surface area contributed by atoms with Crippen LogP contribution in [0, 0.1) is 5.92 Å². The minimum Gasteiger partial charge on any atom is -0.393 e. The molecular formula is C8H14O2. The van der Waals surface area contributed by atoms with Gasteiger partial charge in [0, 0.05) is 12.3 Å². The summed E-state index contributed by atoms with van der Waals surface area (Å²) in [6.07, 6.45) is 2.67. The third-order valence-electron chi connectivity index (χ3n) is 2.21. The van der Waals surface area contributed by atoms with E-state index in [2.05, 4.69) is 0 Å². The van der Waals surface area contributed by atoms with Crippen LogP contribution in [0.5, 0.6) is 0 Å². The van der Waals surface area contributed by atoms with E-state index in [0.717, 1.165) is 12.8 Å². The molecule has 0 aromatic rings. The molecule has 0 saturated heterocycles. The minimum atomic E-state index is -0.228. The Bertz CT molecular complexity index is 131. The first-order valence-electron chi connectivity index (χ1n) is 3.91. The van der Waals surface area contributed by atoms with Crippen LogP contribution in [-0.2, 0) is 4.79 Å². The van der Waals surface area contributed by atoms with Crippen molar-refractivity contribution in [2.45, 2.75) is 38.7 Å². The van der Waals surface area contributed by atoms with Crippen LogP contribution >= 0.6 is 0 Å². The average molecular weight is 142 g/mol. The highest BCUT2D eigenvalue weighted by Gasteiger charge is 2.19. The minimum absolute atomic E-state index is 0.178. The molecule has 0 spiro atoms. The normalized spacial score (nSPS) is 35.6. The quantitative estimate of drug-likeness (QED) is 0.515. The van der Waals surface area contributed by atoms with Crippen molar-refractivity contribution in [1.29, 1.82) is 0 Å². The van der Waals surface area contributed by atoms with E-state index in [-0.39, 0.29) is 12.0 Å². The topological polar surface area (TPSA) is 37.3 Å². The Balaban J connectivity index is 2.46. The Labute approximate surface area is 61.2 Å². The molecule has 0 aromatic carbocycles. The molecule has 0 radical (unpaired) electrons. The molecule has 1 N–H and O–H groups in total. The Morgan fingerprint density at radius 1 is 1.40 bits per heavy atom. The van der Waals surface area contributed by atoms with Crippen molar-refractivity contribution in [2.75, 3.05) is 0 Å². The van der Waals surface area contributed by atoms with Crippen molar-refractivity contribution in [3.8, 4) is 0 Å². The zero-order valence-corrected chi connectivity index (χ0v) is 6.34. The van der Waals surface area contributed by atoms with Gasteiger partial charge in [0.15, 0.2) is 0 Å². The summed E-state index contributed by atoms with van der Waals surface area (Å²) < 4.78 is 0. The van der Waals surface area contributed by atoms with E-state index in [4.69, 9.17) is 0 Å². The Kier molecular flexibility index (Phi) is 2.44. The molecular weight excluding hydrogens is 128 g/mol. The average Bonchev–Trinajstić information content (AvgIpc) is 2.04. The summed E-state index contributed by atoms with van der Waals surface area (Å²) in [6.45, 7) is 1.94. The van der Waals surface area contributed by atoms with Gasteiger partial charge in [-0.25, -0.2) is 0 Å². The molecule has 0 heterocycles. The van der Waals surface area contributed by atoms with E-state index in [1.807, 2.05) is 6.92 Å². The Morgan fingerprint density at radius 3 is 2.80 bits per heavy atom. The maximum atomic E-state index is 11.0. The fourth-order valence-corrected chi connectivity index (χ4v) is 1.30. The summed E-state index contributed by atoms with van der Waals surface area (Å²) in [7, 11) is 0. The molecule has 2 atom stereocenters. The van der Waals surface area contributed by atoms with Crippen molar-refractivity contribution < 1.29 is 9.90 Å². The van der Waals surface area contributed by atoms with Crippen LogP contribution in [0.15, 0.2) is 0 Å². The Morgan fingerprint density at radius 2 is 2.10 bits per heavy atom. The van der Waals surface area contributed by atoms with Gasteiger partial charge in [0.05, 0.1) is 6.10 Å². The lowest BCUT2D eigenvalue weighted by Crippen LogP contribution is -2.07. The Hall–Kier alpha value is -0.370. The number of rotatable bonds is 0. The predicted octanol–water partition coefficient (Wildman–Crippen LogP) is 1.13. The number of hydrogen-bond acceptors (Lipinski definition) is 2. The van der Waals surface area contributed by atoms with Gasteiger partial charge in [0.1, 0.15) is 5.78 Å². The standard InChI is InChI=1S/C8H14O2/c1-6-2-3-7(9)4-5-8(6)10/h6-7,9H,2-5H2,1H3. The van der Waals surface area contributed by atoms with E-state index in [1.165, 1.54) is 0 Å². The summed E-state index contributed by atoms with van der Waals surface area (Å²) in [6, 6.07) is 0. The lowest BCUT2D eigenvalue weighted by atomic mass is 10.0. The molecule has 10 heavy (non-hydrogen) atoms. The van der Waals surface area contributed by atoms with Crippen molar-refractivity contribution in [2.24, 2.45) is 5.92 Å². The lowest BCUT2D eigenvalue weighted by molar-refractivity contribution is -0.122. The molecule has 1 aliphatic carbocycles. The van der Waals surface area contributed by atoms with Gasteiger partial charge < -0.3 is 5.11 Å². The first-order chi connectivity index (χ1) is 4.70. The molecule has 2 heteroatoms. The summed E-state index contributed by atoms with van der Waals surface area (Å²) in [5.41, 5.74) is 0. The highest BCUT2D eigenvalue weighted by molar-refractivity contribution is 5.80. The van der Waals surface area contributed by atoms with Gasteiger partial charge in [-0.05, 0) is 19.3 Å². The molecule has 58 valence electrons. The maximum Gasteiger partial charge on any atom is 0.135 e. The van der Waals surface area contributed by atoms with Gasteiger partial charge in [-0.1, -0.05) is 6.92 Å². The van der Waals surface area contributed by atoms with Crippen LogP contribution < -0.4 is 0 Å². The van der Waals surface area contributed by atoms with Gasteiger partial charge in [0.25, 0.3) is 0 Å². The smallest absolute Gasteiger partial charge is 0.135 e. The van der Waals surface area contributed by atoms with E-state index in [0.29, 0.717) is 18.6 Å². The molecule has 1 saturated carbocycles. The van der Waals surface area contributed by atoms with Crippen LogP contribution in [0.2, 0.25) is 0 Å². The molecule has 2 unspecified atom stereocenters. The van der Waals surface area contributed by atoms with Crippen LogP contribution in [0.1, 0.15) is 32.6 Å². The molecule has 1 fully saturated rings. The van der Waals surface area contributed by atoms with Crippen LogP contribution in [0.25, 0.3) is 0 Å². The summed E-state index contributed by atoms with van der Waals surface area (Å²) in [4.78, 5) is 11.0. The van der Waals surface area contributed by atoms with Crippen molar-refractivity contribution in [3.63, 3.8) is 0 Å². The zero-order chi connectivity index (χ0) is 7.56. The van der Waals surface area contributed by atoms with Crippen molar-refractivity contribution in [1.82, 2.24) is 0 Å². The second-order valence-corrected chi connectivity index (χ2v) is 3.14. The number of aliphatic hydroxyl groups is 1. The van der Waals surface area contributed by atoms with Crippen molar-refractivity contribution in [3.05, 3.63) is 0 Å². The number of aliphatic hydroxyl groups excluding tert-OH is 1. The third-order valence-corrected chi connectivity index (χ3v) is 2.21. The van der Waals surface area contributed by atoms with Gasteiger partial charge in [-0.3, -0.25) is 4.79 Å². The van der Waals surface area contributed by atoms with Gasteiger partial charge in [-0.15, -0.1) is 0 Å². The molecule has 0 aliphatic heterocycles. The van der Waals surface area contributed by atoms with Gasteiger partial charge >= 0.3 is 0 Å². The molecule has 2 nitrogen and oxygen atoms in total. The summed E-state index contributed by atoms with van der Waals surface area (Å²) >= 11 is 0. The SMILES string of the molecule is CC1CCC(O)CCC1=O. The van der Waals surface area contributed by atoms with E-state index in [1.54, 1.807) is 0 Å². The first-order valence-corrected chi connectivity index (χ1v) is 3.91. The zero-order valence-electron chi connectivity index (χ0n) is 6.34. The largest absolute Gasteiger partial charge is 0.393 e. The fraction of sp³-hybridized carbons (Fsp3) is 0.875. The number of ketones is 1. The molecule has 0 bridgehead atoms. The van der Waals surface area contributed by atoms with Crippen LogP contribution in [-0.4, -0.2) is 17.0 Å². The van der Waals surface area contributed by atoms with E-state index < -0.39 is 0 Å². The lowest BCUT2D eigenvalue weighted by Gasteiger charge is -2.03. The van der Waals surface area contributed by atoms with Crippen LogP contribution in [0.3, 0.4) is 0 Å². The predicted molar refractivity (Wildman–Crippen MR) is 38.6 cm³/mol. The number of carbonyl (C=O) groups excluding carboxylic acids is 1. The second-order valence-electron chi connectivity index (χ2n) is 3.14. The monoisotopic (exact) mass is 142 g/mol. The highest BCUT2D eigenvalue weighted by Crippen LogP contribution is 2.19. The summed E-state index contributed by atoms with van der Waals surface area (Å²) in [5, 5.41) is 9.17. The molecule has 0 aromatic heterocycles. The third kappa shape index (κ3) is 1.81. The maximum absolute atomic E-state index is 11.0. The second kappa shape index (κ2) is 3.15. The molecule has 1 rings (SSSR count). The summed E-state index contributed by atoms with van der Waals surface area (Å²) in [5.74, 6) is 0.494. The van der Waals surface area contributed by atoms with Crippen LogP contribution in [0.4, 0.5) is 0 Å². The molecule has 1 aliphatic rings. The molecule has 0 amide bonds. The fourth-order valence-electron chi connectivity index (χ4n) is 1.30. The van der Waals surface area contributed by atoms with Gasteiger partial charge in [-0.2, -0.15) is 0 Å². The number of hydrogen-bond donors (Lipinski definition) is 1. The highest BCUT2D eigenvalue weighted by atomic mass is 16.3. The number of Topliss-reactive ketones (excluding diaryl/α,β-unsaturated/α-hetero) is 1. The number of carbonyl (C=O) groups is 1. The van der Waals surface area contributed by atoms with Crippen molar-refractivity contribution >= 4 is 5.78 Å². The van der Waals surface area contributed by atoms with E-state index >= 15 is 0 Å².